The molecular formula is C21H22N4O2. The van der Waals surface area contributed by atoms with Crippen LogP contribution in [0.2, 0.25) is 0 Å². The highest BCUT2D eigenvalue weighted by Crippen LogP contribution is 2.20. The number of carbonyl (C=O) groups is 1. The third-order valence-electron chi connectivity index (χ3n) is 4.06. The highest BCUT2D eigenvalue weighted by atomic mass is 16.5. The zero-order valence-electron chi connectivity index (χ0n) is 15.4. The van der Waals surface area contributed by atoms with Gasteiger partial charge in [-0.25, -0.2) is 4.98 Å². The summed E-state index contributed by atoms with van der Waals surface area (Å²) in [5, 5.41) is 6.40. The van der Waals surface area contributed by atoms with Crippen LogP contribution in [0.1, 0.15) is 22.8 Å². The van der Waals surface area contributed by atoms with Gasteiger partial charge in [0.15, 0.2) is 5.78 Å². The van der Waals surface area contributed by atoms with Gasteiger partial charge in [0.2, 0.25) is 5.95 Å². The number of rotatable bonds is 8. The lowest BCUT2D eigenvalue weighted by Gasteiger charge is -2.11. The highest BCUT2D eigenvalue weighted by Gasteiger charge is 2.11. The van der Waals surface area contributed by atoms with Gasteiger partial charge >= 0.3 is 0 Å². The molecular weight excluding hydrogens is 340 g/mol. The first-order chi connectivity index (χ1) is 13.2. The summed E-state index contributed by atoms with van der Waals surface area (Å²) in [6.07, 6.45) is 2.37. The van der Waals surface area contributed by atoms with E-state index in [1.54, 1.807) is 13.3 Å². The van der Waals surface area contributed by atoms with Crippen molar-refractivity contribution in [3.05, 3.63) is 71.9 Å². The number of para-hydroxylation sites is 1. The van der Waals surface area contributed by atoms with Crippen molar-refractivity contribution in [2.45, 2.75) is 13.3 Å². The normalized spacial score (nSPS) is 10.3. The second-order valence-electron chi connectivity index (χ2n) is 6.03. The molecule has 0 radical (unpaired) electrons. The van der Waals surface area contributed by atoms with E-state index >= 15 is 0 Å². The van der Waals surface area contributed by atoms with Crippen LogP contribution in [0.25, 0.3) is 0 Å². The summed E-state index contributed by atoms with van der Waals surface area (Å²) in [4.78, 5) is 20.6. The Morgan fingerprint density at radius 1 is 1.07 bits per heavy atom. The molecule has 0 fully saturated rings. The fraction of sp³-hybridized carbons (Fsp3) is 0.190. The van der Waals surface area contributed by atoms with Crippen molar-refractivity contribution in [1.82, 2.24) is 9.97 Å². The van der Waals surface area contributed by atoms with Crippen LogP contribution >= 0.6 is 0 Å². The summed E-state index contributed by atoms with van der Waals surface area (Å²) >= 11 is 0. The standard InChI is InChI=1S/C21H22N4O2/c1-15(26)19-14-23-21(25-20(19)24-17-6-4-3-5-7-17)22-13-12-16-8-10-18(27-2)11-9-16/h3-11,14H,12-13H2,1-2H3,(H2,22,23,24,25). The Morgan fingerprint density at radius 2 is 1.81 bits per heavy atom. The highest BCUT2D eigenvalue weighted by molar-refractivity contribution is 5.99. The van der Waals surface area contributed by atoms with Crippen molar-refractivity contribution >= 4 is 23.2 Å². The number of methoxy groups -OCH3 is 1. The summed E-state index contributed by atoms with van der Waals surface area (Å²) in [5.74, 6) is 1.73. The molecule has 0 aliphatic rings. The van der Waals surface area contributed by atoms with Crippen molar-refractivity contribution in [2.24, 2.45) is 0 Å². The molecule has 6 heteroatoms. The fourth-order valence-electron chi connectivity index (χ4n) is 2.59. The van der Waals surface area contributed by atoms with E-state index in [-0.39, 0.29) is 5.78 Å². The van der Waals surface area contributed by atoms with E-state index in [0.29, 0.717) is 23.9 Å². The molecule has 0 atom stereocenters. The molecule has 3 rings (SSSR count). The number of ketones is 1. The summed E-state index contributed by atoms with van der Waals surface area (Å²) < 4.78 is 5.17. The predicted octanol–water partition coefficient (Wildman–Crippen LogP) is 4.09. The average Bonchev–Trinajstić information content (AvgIpc) is 2.69. The Kier molecular flexibility index (Phi) is 5.99. The Bertz CT molecular complexity index is 896. The molecule has 0 spiro atoms. The van der Waals surface area contributed by atoms with Crippen molar-refractivity contribution < 1.29 is 9.53 Å². The van der Waals surface area contributed by atoms with Crippen molar-refractivity contribution in [2.75, 3.05) is 24.3 Å². The van der Waals surface area contributed by atoms with E-state index in [9.17, 15) is 4.79 Å². The molecule has 2 aromatic carbocycles. The van der Waals surface area contributed by atoms with Crippen molar-refractivity contribution in [3.63, 3.8) is 0 Å². The third kappa shape index (κ3) is 5.04. The first-order valence-corrected chi connectivity index (χ1v) is 8.72. The van der Waals surface area contributed by atoms with Gasteiger partial charge in [-0.15, -0.1) is 0 Å². The van der Waals surface area contributed by atoms with Crippen LogP contribution in [0.5, 0.6) is 5.75 Å². The van der Waals surface area contributed by atoms with E-state index in [2.05, 4.69) is 20.6 Å². The lowest BCUT2D eigenvalue weighted by molar-refractivity contribution is 0.101. The number of aromatic nitrogens is 2. The van der Waals surface area contributed by atoms with Gasteiger partial charge in [-0.2, -0.15) is 4.98 Å². The molecule has 0 saturated heterocycles. The summed E-state index contributed by atoms with van der Waals surface area (Å²) in [5.41, 5.74) is 2.51. The van der Waals surface area contributed by atoms with Crippen molar-refractivity contribution in [1.29, 1.82) is 0 Å². The number of Topliss-reactive ketones (excluding diaryl/α,β-unsaturated/α-hetero) is 1. The van der Waals surface area contributed by atoms with Gasteiger partial charge in [0.1, 0.15) is 11.6 Å². The van der Waals surface area contributed by atoms with Gasteiger partial charge in [-0.05, 0) is 43.2 Å². The maximum atomic E-state index is 11.9. The Labute approximate surface area is 158 Å². The van der Waals surface area contributed by atoms with Crippen LogP contribution < -0.4 is 15.4 Å². The number of nitrogens with zero attached hydrogens (tertiary/aromatic N) is 2. The van der Waals surface area contributed by atoms with E-state index in [0.717, 1.165) is 17.9 Å². The monoisotopic (exact) mass is 362 g/mol. The average molecular weight is 362 g/mol. The molecule has 1 heterocycles. The quantitative estimate of drug-likeness (QED) is 0.588. The first kappa shape index (κ1) is 18.4. The number of hydrogen-bond acceptors (Lipinski definition) is 6. The molecule has 0 amide bonds. The zero-order valence-corrected chi connectivity index (χ0v) is 15.4. The van der Waals surface area contributed by atoms with Crippen LogP contribution in [0, 0.1) is 0 Å². The molecule has 0 bridgehead atoms. The predicted molar refractivity (Wildman–Crippen MR) is 107 cm³/mol. The molecule has 0 saturated carbocycles. The maximum Gasteiger partial charge on any atom is 0.224 e. The van der Waals surface area contributed by atoms with E-state index < -0.39 is 0 Å². The SMILES string of the molecule is COc1ccc(CCNc2ncc(C(C)=O)c(Nc3ccccc3)n2)cc1. The second-order valence-corrected chi connectivity index (χ2v) is 6.03. The van der Waals surface area contributed by atoms with Crippen LogP contribution in [0.4, 0.5) is 17.5 Å². The zero-order chi connectivity index (χ0) is 19.1. The number of carbonyl (C=O) groups excluding carboxylic acids is 1. The molecule has 3 aromatic rings. The van der Waals surface area contributed by atoms with Gasteiger partial charge in [-0.1, -0.05) is 30.3 Å². The minimum absolute atomic E-state index is 0.0850. The molecule has 6 nitrogen and oxygen atoms in total. The molecule has 27 heavy (non-hydrogen) atoms. The van der Waals surface area contributed by atoms with E-state index in [1.807, 2.05) is 54.6 Å². The van der Waals surface area contributed by atoms with E-state index in [4.69, 9.17) is 4.74 Å². The number of ether oxygens (including phenoxy) is 1. The van der Waals surface area contributed by atoms with Gasteiger partial charge in [0.05, 0.1) is 12.7 Å². The number of benzene rings is 2. The fourth-order valence-corrected chi connectivity index (χ4v) is 2.59. The number of anilines is 3. The smallest absolute Gasteiger partial charge is 0.224 e. The number of hydrogen-bond donors (Lipinski definition) is 2. The van der Waals surface area contributed by atoms with Crippen LogP contribution in [-0.2, 0) is 6.42 Å². The molecule has 0 aliphatic heterocycles. The molecule has 2 N–H and O–H groups in total. The lowest BCUT2D eigenvalue weighted by atomic mass is 10.1. The first-order valence-electron chi connectivity index (χ1n) is 8.72. The molecule has 0 unspecified atom stereocenters. The summed E-state index contributed by atoms with van der Waals surface area (Å²) in [6.45, 7) is 2.18. The topological polar surface area (TPSA) is 76.1 Å². The van der Waals surface area contributed by atoms with Gasteiger partial charge in [0.25, 0.3) is 0 Å². The summed E-state index contributed by atoms with van der Waals surface area (Å²) in [6, 6.07) is 17.6. The van der Waals surface area contributed by atoms with Gasteiger partial charge in [-0.3, -0.25) is 4.79 Å². The van der Waals surface area contributed by atoms with Gasteiger partial charge < -0.3 is 15.4 Å². The minimum Gasteiger partial charge on any atom is -0.497 e. The minimum atomic E-state index is -0.0850. The molecule has 1 aromatic heterocycles. The maximum absolute atomic E-state index is 11.9. The molecule has 138 valence electrons. The summed E-state index contributed by atoms with van der Waals surface area (Å²) in [7, 11) is 1.65. The largest absolute Gasteiger partial charge is 0.497 e. The Morgan fingerprint density at radius 3 is 2.48 bits per heavy atom. The van der Waals surface area contributed by atoms with E-state index in [1.165, 1.54) is 12.5 Å². The lowest BCUT2D eigenvalue weighted by Crippen LogP contribution is -2.11. The van der Waals surface area contributed by atoms with Gasteiger partial charge in [0, 0.05) is 18.4 Å². The van der Waals surface area contributed by atoms with Crippen molar-refractivity contribution in [3.8, 4) is 5.75 Å². The third-order valence-corrected chi connectivity index (χ3v) is 4.06. The number of nitrogens with one attached hydrogen (secondary N) is 2. The Hall–Kier alpha value is -3.41. The Balaban J connectivity index is 1.68. The van der Waals surface area contributed by atoms with Crippen LogP contribution in [0.15, 0.2) is 60.8 Å². The van der Waals surface area contributed by atoms with Crippen LogP contribution in [0.3, 0.4) is 0 Å². The molecule has 0 aliphatic carbocycles. The second kappa shape index (κ2) is 8.80. The van der Waals surface area contributed by atoms with Crippen LogP contribution in [-0.4, -0.2) is 29.4 Å².